The summed E-state index contributed by atoms with van der Waals surface area (Å²) in [6.07, 6.45) is 1.88. The van der Waals surface area contributed by atoms with Crippen LogP contribution in [0.3, 0.4) is 0 Å². The number of aromatic nitrogens is 2. The van der Waals surface area contributed by atoms with Crippen molar-refractivity contribution in [3.05, 3.63) is 16.4 Å². The van der Waals surface area contributed by atoms with Crippen LogP contribution in [-0.4, -0.2) is 32.9 Å². The molecule has 0 bridgehead atoms. The molecule has 0 spiro atoms. The van der Waals surface area contributed by atoms with E-state index in [1.165, 1.54) is 0 Å². The van der Waals surface area contributed by atoms with Crippen molar-refractivity contribution in [2.45, 2.75) is 31.7 Å². The first kappa shape index (κ1) is 12.4. The van der Waals surface area contributed by atoms with Crippen LogP contribution in [0.1, 0.15) is 24.2 Å². The van der Waals surface area contributed by atoms with E-state index in [1.54, 1.807) is 11.7 Å². The number of carboxylic acid groups (broad SMARTS) is 1. The first-order valence-electron chi connectivity index (χ1n) is 5.63. The van der Waals surface area contributed by atoms with Crippen LogP contribution in [0, 0.1) is 6.92 Å². The Morgan fingerprint density at radius 3 is 2.82 bits per heavy atom. The molecule has 6 heteroatoms. The third-order valence-electron chi connectivity index (χ3n) is 3.38. The van der Waals surface area contributed by atoms with Gasteiger partial charge in [-0.25, -0.2) is 0 Å². The number of aryl methyl sites for hydroxylation is 2. The normalized spacial score (nSPS) is 24.2. The van der Waals surface area contributed by atoms with Gasteiger partial charge < -0.3 is 10.4 Å². The van der Waals surface area contributed by atoms with Crippen molar-refractivity contribution in [1.82, 2.24) is 15.1 Å². The van der Waals surface area contributed by atoms with E-state index in [9.17, 15) is 9.90 Å². The molecule has 0 radical (unpaired) electrons. The average Bonchev–Trinajstić information content (AvgIpc) is 2.81. The monoisotopic (exact) mass is 257 g/mol. The van der Waals surface area contributed by atoms with E-state index in [0.717, 1.165) is 24.4 Å². The SMILES string of the molecule is Cc1nn(C)c(CC2(C(=O)O)CCCN2)c1Cl. The Hall–Kier alpha value is -1.07. The van der Waals surface area contributed by atoms with Gasteiger partial charge in [-0.1, -0.05) is 11.6 Å². The molecule has 1 fully saturated rings. The minimum Gasteiger partial charge on any atom is -0.480 e. The molecular weight excluding hydrogens is 242 g/mol. The Balaban J connectivity index is 2.33. The van der Waals surface area contributed by atoms with E-state index < -0.39 is 11.5 Å². The molecule has 0 saturated carbocycles. The van der Waals surface area contributed by atoms with E-state index in [-0.39, 0.29) is 0 Å². The lowest BCUT2D eigenvalue weighted by Gasteiger charge is -2.24. The minimum absolute atomic E-state index is 0.374. The molecule has 0 aliphatic carbocycles. The number of hydrogen-bond donors (Lipinski definition) is 2. The number of nitrogens with one attached hydrogen (secondary N) is 1. The summed E-state index contributed by atoms with van der Waals surface area (Å²) in [5, 5.41) is 17.2. The van der Waals surface area contributed by atoms with Gasteiger partial charge >= 0.3 is 5.97 Å². The zero-order chi connectivity index (χ0) is 12.6. The predicted molar refractivity (Wildman–Crippen MR) is 64.3 cm³/mol. The Morgan fingerprint density at radius 2 is 2.41 bits per heavy atom. The lowest BCUT2D eigenvalue weighted by atomic mass is 9.91. The van der Waals surface area contributed by atoms with Crippen molar-refractivity contribution in [2.75, 3.05) is 6.54 Å². The fourth-order valence-electron chi connectivity index (χ4n) is 2.37. The van der Waals surface area contributed by atoms with Gasteiger partial charge in [-0.15, -0.1) is 0 Å². The third-order valence-corrected chi connectivity index (χ3v) is 3.88. The van der Waals surface area contributed by atoms with Gasteiger partial charge in [0, 0.05) is 13.5 Å². The Kier molecular flexibility index (Phi) is 3.14. The van der Waals surface area contributed by atoms with Gasteiger partial charge in [0.1, 0.15) is 5.54 Å². The number of carboxylic acids is 1. The van der Waals surface area contributed by atoms with Crippen LogP contribution in [0.2, 0.25) is 5.02 Å². The van der Waals surface area contributed by atoms with Crippen LogP contribution >= 0.6 is 11.6 Å². The summed E-state index contributed by atoms with van der Waals surface area (Å²) in [6, 6.07) is 0. The summed E-state index contributed by atoms with van der Waals surface area (Å²) in [7, 11) is 1.79. The van der Waals surface area contributed by atoms with Crippen LogP contribution in [0.25, 0.3) is 0 Å². The maximum Gasteiger partial charge on any atom is 0.324 e. The molecule has 0 aromatic carbocycles. The van der Waals surface area contributed by atoms with Crippen LogP contribution in [0.5, 0.6) is 0 Å². The van der Waals surface area contributed by atoms with Crippen molar-refractivity contribution < 1.29 is 9.90 Å². The molecular formula is C11H16ClN3O2. The first-order chi connectivity index (χ1) is 7.96. The highest BCUT2D eigenvalue weighted by molar-refractivity contribution is 6.31. The zero-order valence-electron chi connectivity index (χ0n) is 9.96. The van der Waals surface area contributed by atoms with Gasteiger partial charge in [-0.05, 0) is 26.3 Å². The van der Waals surface area contributed by atoms with Crippen LogP contribution in [0.15, 0.2) is 0 Å². The number of rotatable bonds is 3. The number of halogens is 1. The molecule has 1 unspecified atom stereocenters. The molecule has 1 aromatic rings. The average molecular weight is 258 g/mol. The summed E-state index contributed by atoms with van der Waals surface area (Å²) >= 11 is 6.16. The lowest BCUT2D eigenvalue weighted by Crippen LogP contribution is -2.49. The summed E-state index contributed by atoms with van der Waals surface area (Å²) in [4.78, 5) is 11.4. The molecule has 1 aliphatic rings. The van der Waals surface area contributed by atoms with Crippen molar-refractivity contribution in [1.29, 1.82) is 0 Å². The highest BCUT2D eigenvalue weighted by Crippen LogP contribution is 2.29. The van der Waals surface area contributed by atoms with Crippen molar-refractivity contribution in [3.8, 4) is 0 Å². The van der Waals surface area contributed by atoms with Gasteiger partial charge in [0.2, 0.25) is 0 Å². The van der Waals surface area contributed by atoms with Crippen molar-refractivity contribution >= 4 is 17.6 Å². The highest BCUT2D eigenvalue weighted by Gasteiger charge is 2.42. The maximum atomic E-state index is 11.4. The molecule has 17 heavy (non-hydrogen) atoms. The van der Waals surface area contributed by atoms with Crippen LogP contribution in [0.4, 0.5) is 0 Å². The molecule has 94 valence electrons. The molecule has 2 heterocycles. The topological polar surface area (TPSA) is 67.2 Å². The molecule has 2 rings (SSSR count). The molecule has 0 amide bonds. The second-order valence-electron chi connectivity index (χ2n) is 4.56. The zero-order valence-corrected chi connectivity index (χ0v) is 10.7. The van der Waals surface area contributed by atoms with E-state index in [4.69, 9.17) is 11.6 Å². The van der Waals surface area contributed by atoms with Crippen LogP contribution < -0.4 is 5.32 Å². The van der Waals surface area contributed by atoms with Crippen molar-refractivity contribution in [2.24, 2.45) is 7.05 Å². The summed E-state index contributed by atoms with van der Waals surface area (Å²) in [6.45, 7) is 2.56. The Bertz CT molecular complexity index is 450. The molecule has 1 aliphatic heterocycles. The standard InChI is InChI=1S/C11H16ClN3O2/c1-7-9(12)8(15(2)14-7)6-11(10(16)17)4-3-5-13-11/h13H,3-6H2,1-2H3,(H,16,17). The van der Waals surface area contributed by atoms with Gasteiger partial charge in [0.25, 0.3) is 0 Å². The minimum atomic E-state index is -0.885. The molecule has 5 nitrogen and oxygen atoms in total. The molecule has 1 atom stereocenters. The van der Waals surface area contributed by atoms with Crippen molar-refractivity contribution in [3.63, 3.8) is 0 Å². The van der Waals surface area contributed by atoms with Gasteiger partial charge in [0.05, 0.1) is 16.4 Å². The van der Waals surface area contributed by atoms with E-state index in [0.29, 0.717) is 17.9 Å². The number of nitrogens with zero attached hydrogens (tertiary/aromatic N) is 2. The molecule has 1 saturated heterocycles. The smallest absolute Gasteiger partial charge is 0.324 e. The fourth-order valence-corrected chi connectivity index (χ4v) is 2.60. The van der Waals surface area contributed by atoms with Gasteiger partial charge in [-0.3, -0.25) is 9.48 Å². The second-order valence-corrected chi connectivity index (χ2v) is 4.94. The third kappa shape index (κ3) is 2.05. The fraction of sp³-hybridized carbons (Fsp3) is 0.636. The van der Waals surface area contributed by atoms with Gasteiger partial charge in [-0.2, -0.15) is 5.10 Å². The van der Waals surface area contributed by atoms with E-state index in [2.05, 4.69) is 10.4 Å². The largest absolute Gasteiger partial charge is 0.480 e. The molecule has 2 N–H and O–H groups in total. The van der Waals surface area contributed by atoms with Crippen LogP contribution in [-0.2, 0) is 18.3 Å². The molecule has 1 aromatic heterocycles. The van der Waals surface area contributed by atoms with Gasteiger partial charge in [0.15, 0.2) is 0 Å². The number of hydrogen-bond acceptors (Lipinski definition) is 3. The number of carbonyl (C=O) groups is 1. The van der Waals surface area contributed by atoms with E-state index >= 15 is 0 Å². The maximum absolute atomic E-state index is 11.4. The summed E-state index contributed by atoms with van der Waals surface area (Å²) in [5.74, 6) is -0.815. The Morgan fingerprint density at radius 1 is 1.71 bits per heavy atom. The highest BCUT2D eigenvalue weighted by atomic mass is 35.5. The number of aliphatic carboxylic acids is 1. The van der Waals surface area contributed by atoms with E-state index in [1.807, 2.05) is 6.92 Å². The summed E-state index contributed by atoms with van der Waals surface area (Å²) in [5.41, 5.74) is 0.632. The quantitative estimate of drug-likeness (QED) is 0.852. The predicted octanol–water partition coefficient (Wildman–Crippen LogP) is 1.13. The first-order valence-corrected chi connectivity index (χ1v) is 6.00. The second kappa shape index (κ2) is 4.31. The Labute approximate surface area is 105 Å². The lowest BCUT2D eigenvalue weighted by molar-refractivity contribution is -0.144. The summed E-state index contributed by atoms with van der Waals surface area (Å²) < 4.78 is 1.67.